The molecule has 2 aromatic carbocycles. The van der Waals surface area contributed by atoms with Gasteiger partial charge in [-0.2, -0.15) is 0 Å². The highest BCUT2D eigenvalue weighted by atomic mass is 35.5. The minimum atomic E-state index is 0. The van der Waals surface area contributed by atoms with Crippen molar-refractivity contribution in [1.82, 2.24) is 5.32 Å². The maximum Gasteiger partial charge on any atom is 0.220 e. The number of halogens is 1. The number of aryl methyl sites for hydroxylation is 1. The quantitative estimate of drug-likeness (QED) is 0.800. The van der Waals surface area contributed by atoms with Crippen LogP contribution in [0.15, 0.2) is 54.6 Å². The van der Waals surface area contributed by atoms with Crippen LogP contribution in [0, 0.1) is 0 Å². The van der Waals surface area contributed by atoms with Crippen LogP contribution in [0.5, 0.6) is 0 Å². The number of anilines is 1. The van der Waals surface area contributed by atoms with E-state index in [1.807, 2.05) is 42.5 Å². The second-order valence-corrected chi connectivity index (χ2v) is 5.31. The Bertz CT molecular complexity index is 587. The smallest absolute Gasteiger partial charge is 0.220 e. The highest BCUT2D eigenvalue weighted by Gasteiger charge is 2.08. The zero-order chi connectivity index (χ0) is 15.1. The number of hydrogen-bond acceptors (Lipinski definition) is 2. The first kappa shape index (κ1) is 18.1. The molecule has 4 heteroatoms. The van der Waals surface area contributed by atoms with E-state index in [4.69, 9.17) is 5.73 Å². The van der Waals surface area contributed by atoms with Crippen molar-refractivity contribution >= 4 is 24.0 Å². The first-order valence-electron chi connectivity index (χ1n) is 7.32. The van der Waals surface area contributed by atoms with Gasteiger partial charge in [0, 0.05) is 18.7 Å². The minimum Gasteiger partial charge on any atom is -0.399 e. The highest BCUT2D eigenvalue weighted by molar-refractivity contribution is 5.85. The van der Waals surface area contributed by atoms with Gasteiger partial charge in [0.15, 0.2) is 0 Å². The third-order valence-corrected chi connectivity index (χ3v) is 3.65. The van der Waals surface area contributed by atoms with Crippen LogP contribution in [0.4, 0.5) is 5.69 Å². The van der Waals surface area contributed by atoms with Crippen molar-refractivity contribution in [2.24, 2.45) is 0 Å². The number of benzene rings is 2. The van der Waals surface area contributed by atoms with Crippen LogP contribution >= 0.6 is 12.4 Å². The highest BCUT2D eigenvalue weighted by Crippen LogP contribution is 2.14. The molecule has 22 heavy (non-hydrogen) atoms. The topological polar surface area (TPSA) is 55.1 Å². The van der Waals surface area contributed by atoms with E-state index >= 15 is 0 Å². The summed E-state index contributed by atoms with van der Waals surface area (Å²) in [5, 5.41) is 2.99. The Hall–Kier alpha value is -2.00. The van der Waals surface area contributed by atoms with Crippen molar-refractivity contribution in [3.8, 4) is 0 Å². The lowest BCUT2D eigenvalue weighted by Crippen LogP contribution is -2.27. The molecule has 3 nitrogen and oxygen atoms in total. The number of nitrogens with two attached hydrogens (primary N) is 1. The average Bonchev–Trinajstić information content (AvgIpc) is 2.52. The molecule has 0 bridgehead atoms. The fourth-order valence-corrected chi connectivity index (χ4v) is 2.26. The van der Waals surface area contributed by atoms with Crippen molar-refractivity contribution in [1.29, 1.82) is 0 Å². The van der Waals surface area contributed by atoms with E-state index in [-0.39, 0.29) is 18.3 Å². The Morgan fingerprint density at radius 2 is 1.73 bits per heavy atom. The molecule has 0 aliphatic rings. The SMILES string of the molecule is CC(CNC(=O)CCc1ccccc1N)c1ccccc1.Cl. The third-order valence-electron chi connectivity index (χ3n) is 3.65. The fraction of sp³-hybridized carbons (Fsp3) is 0.278. The molecule has 1 atom stereocenters. The van der Waals surface area contributed by atoms with Crippen LogP contribution in [0.25, 0.3) is 0 Å². The average molecular weight is 319 g/mol. The van der Waals surface area contributed by atoms with Gasteiger partial charge in [0.1, 0.15) is 0 Å². The lowest BCUT2D eigenvalue weighted by molar-refractivity contribution is -0.121. The van der Waals surface area contributed by atoms with E-state index < -0.39 is 0 Å². The predicted octanol–water partition coefficient (Wildman–Crippen LogP) is 3.54. The first-order valence-corrected chi connectivity index (χ1v) is 7.32. The molecule has 0 aromatic heterocycles. The zero-order valence-corrected chi connectivity index (χ0v) is 13.6. The molecular weight excluding hydrogens is 296 g/mol. The Morgan fingerprint density at radius 1 is 1.09 bits per heavy atom. The van der Waals surface area contributed by atoms with Gasteiger partial charge in [-0.05, 0) is 29.5 Å². The van der Waals surface area contributed by atoms with Gasteiger partial charge in [-0.15, -0.1) is 12.4 Å². The molecule has 118 valence electrons. The molecule has 3 N–H and O–H groups in total. The third kappa shape index (κ3) is 5.41. The van der Waals surface area contributed by atoms with E-state index in [0.717, 1.165) is 11.3 Å². The fourth-order valence-electron chi connectivity index (χ4n) is 2.26. The van der Waals surface area contributed by atoms with Crippen LogP contribution in [0.2, 0.25) is 0 Å². The van der Waals surface area contributed by atoms with Gasteiger partial charge >= 0.3 is 0 Å². The van der Waals surface area contributed by atoms with Crippen LogP contribution < -0.4 is 11.1 Å². The molecule has 0 saturated carbocycles. The summed E-state index contributed by atoms with van der Waals surface area (Å²) >= 11 is 0. The number of hydrogen-bond donors (Lipinski definition) is 2. The molecule has 0 aliphatic heterocycles. The van der Waals surface area contributed by atoms with E-state index in [1.54, 1.807) is 0 Å². The molecule has 1 unspecified atom stereocenters. The van der Waals surface area contributed by atoms with Crippen LogP contribution in [-0.2, 0) is 11.2 Å². The van der Waals surface area contributed by atoms with E-state index in [9.17, 15) is 4.79 Å². The van der Waals surface area contributed by atoms with Crippen molar-refractivity contribution in [3.05, 3.63) is 65.7 Å². The standard InChI is InChI=1S/C18H22N2O.ClH/c1-14(15-7-3-2-4-8-15)13-20-18(21)12-11-16-9-5-6-10-17(16)19;/h2-10,14H,11-13,19H2,1H3,(H,20,21);1H. The Labute approximate surface area is 138 Å². The summed E-state index contributed by atoms with van der Waals surface area (Å²) in [4.78, 5) is 11.9. The van der Waals surface area contributed by atoms with Crippen molar-refractivity contribution < 1.29 is 4.79 Å². The van der Waals surface area contributed by atoms with Gasteiger partial charge < -0.3 is 11.1 Å². The summed E-state index contributed by atoms with van der Waals surface area (Å²) in [5.41, 5.74) is 8.90. The summed E-state index contributed by atoms with van der Waals surface area (Å²) in [6, 6.07) is 17.9. The molecule has 2 aromatic rings. The molecule has 0 aliphatic carbocycles. The van der Waals surface area contributed by atoms with Crippen LogP contribution in [0.3, 0.4) is 0 Å². The number of amides is 1. The monoisotopic (exact) mass is 318 g/mol. The number of rotatable bonds is 6. The van der Waals surface area contributed by atoms with E-state index in [2.05, 4.69) is 24.4 Å². The largest absolute Gasteiger partial charge is 0.399 e. The summed E-state index contributed by atoms with van der Waals surface area (Å²) in [6.07, 6.45) is 1.15. The summed E-state index contributed by atoms with van der Waals surface area (Å²) in [6.45, 7) is 2.78. The number of nitrogens with one attached hydrogen (secondary N) is 1. The number of carbonyl (C=O) groups is 1. The van der Waals surface area contributed by atoms with Gasteiger partial charge in [0.05, 0.1) is 0 Å². The number of carbonyl (C=O) groups excluding carboxylic acids is 1. The van der Waals surface area contributed by atoms with Crippen LogP contribution in [-0.4, -0.2) is 12.5 Å². The summed E-state index contributed by atoms with van der Waals surface area (Å²) < 4.78 is 0. The minimum absolute atomic E-state index is 0. The molecular formula is C18H23ClN2O. The van der Waals surface area contributed by atoms with E-state index in [0.29, 0.717) is 25.3 Å². The van der Waals surface area contributed by atoms with Gasteiger partial charge in [0.25, 0.3) is 0 Å². The molecule has 0 radical (unpaired) electrons. The van der Waals surface area contributed by atoms with Crippen molar-refractivity contribution in [2.75, 3.05) is 12.3 Å². The number of nitrogen functional groups attached to an aromatic ring is 1. The molecule has 1 amide bonds. The normalized spacial score (nSPS) is 11.3. The second-order valence-electron chi connectivity index (χ2n) is 5.31. The lowest BCUT2D eigenvalue weighted by Gasteiger charge is -2.13. The summed E-state index contributed by atoms with van der Waals surface area (Å²) in [7, 11) is 0. The van der Waals surface area contributed by atoms with Gasteiger partial charge in [-0.3, -0.25) is 4.79 Å². The maximum absolute atomic E-state index is 11.9. The Morgan fingerprint density at radius 3 is 2.41 bits per heavy atom. The molecule has 0 fully saturated rings. The second kappa shape index (κ2) is 9.11. The molecule has 0 saturated heterocycles. The van der Waals surface area contributed by atoms with Crippen LogP contribution in [0.1, 0.15) is 30.4 Å². The predicted molar refractivity (Wildman–Crippen MR) is 94.3 cm³/mol. The van der Waals surface area contributed by atoms with E-state index in [1.165, 1.54) is 5.56 Å². The van der Waals surface area contributed by atoms with Crippen molar-refractivity contribution in [3.63, 3.8) is 0 Å². The zero-order valence-electron chi connectivity index (χ0n) is 12.8. The Kier molecular flexibility index (Phi) is 7.47. The molecule has 2 rings (SSSR count). The molecule has 0 heterocycles. The van der Waals surface area contributed by atoms with Gasteiger partial charge in [0.2, 0.25) is 5.91 Å². The number of para-hydroxylation sites is 1. The Balaban J connectivity index is 0.00000242. The van der Waals surface area contributed by atoms with Crippen molar-refractivity contribution in [2.45, 2.75) is 25.7 Å². The summed E-state index contributed by atoms with van der Waals surface area (Å²) in [5.74, 6) is 0.387. The van der Waals surface area contributed by atoms with Gasteiger partial charge in [-0.25, -0.2) is 0 Å². The maximum atomic E-state index is 11.9. The lowest BCUT2D eigenvalue weighted by atomic mass is 10.0. The first-order chi connectivity index (χ1) is 10.2. The van der Waals surface area contributed by atoms with Gasteiger partial charge in [-0.1, -0.05) is 55.5 Å². The molecule has 0 spiro atoms.